The van der Waals surface area contributed by atoms with Crippen molar-refractivity contribution in [3.63, 3.8) is 0 Å². The van der Waals surface area contributed by atoms with Crippen molar-refractivity contribution in [1.82, 2.24) is 4.90 Å². The number of halogens is 1. The number of rotatable bonds is 6. The highest BCUT2D eigenvalue weighted by Crippen LogP contribution is 2.07. The Balaban J connectivity index is 2.22. The first-order valence-corrected chi connectivity index (χ1v) is 5.40. The lowest BCUT2D eigenvalue weighted by atomic mass is 10.3. The van der Waals surface area contributed by atoms with E-state index >= 15 is 0 Å². The quantitative estimate of drug-likeness (QED) is 0.776. The SMILES string of the molecule is CCCN(C)CCNc1ccc(F)cc1. The minimum Gasteiger partial charge on any atom is -0.384 e. The molecule has 0 aliphatic heterocycles. The topological polar surface area (TPSA) is 15.3 Å². The molecule has 3 heteroatoms. The molecule has 0 spiro atoms. The van der Waals surface area contributed by atoms with Gasteiger partial charge < -0.3 is 10.2 Å². The Hall–Kier alpha value is -1.09. The fourth-order valence-electron chi connectivity index (χ4n) is 1.45. The van der Waals surface area contributed by atoms with Gasteiger partial charge in [0.25, 0.3) is 0 Å². The Morgan fingerprint density at radius 3 is 2.47 bits per heavy atom. The first-order valence-electron chi connectivity index (χ1n) is 5.40. The van der Waals surface area contributed by atoms with E-state index in [0.717, 1.165) is 25.3 Å². The minimum absolute atomic E-state index is 0.191. The maximum absolute atomic E-state index is 12.6. The van der Waals surface area contributed by atoms with Crippen LogP contribution >= 0.6 is 0 Å². The Labute approximate surface area is 91.1 Å². The van der Waals surface area contributed by atoms with Crippen LogP contribution in [0.5, 0.6) is 0 Å². The number of hydrogen-bond acceptors (Lipinski definition) is 2. The number of nitrogens with zero attached hydrogens (tertiary/aromatic N) is 1. The number of anilines is 1. The zero-order valence-corrected chi connectivity index (χ0v) is 9.46. The lowest BCUT2D eigenvalue weighted by Crippen LogP contribution is -2.25. The molecule has 0 bridgehead atoms. The van der Waals surface area contributed by atoms with Crippen molar-refractivity contribution < 1.29 is 4.39 Å². The van der Waals surface area contributed by atoms with Crippen molar-refractivity contribution in [2.24, 2.45) is 0 Å². The van der Waals surface area contributed by atoms with E-state index in [0.29, 0.717) is 0 Å². The molecule has 84 valence electrons. The fourth-order valence-corrected chi connectivity index (χ4v) is 1.45. The van der Waals surface area contributed by atoms with Crippen molar-refractivity contribution >= 4 is 5.69 Å². The second-order valence-corrected chi connectivity index (χ2v) is 3.74. The van der Waals surface area contributed by atoms with E-state index in [1.807, 2.05) is 0 Å². The molecule has 0 unspecified atom stereocenters. The van der Waals surface area contributed by atoms with Gasteiger partial charge in [-0.2, -0.15) is 0 Å². The average molecular weight is 210 g/mol. The molecule has 0 heterocycles. The third kappa shape index (κ3) is 4.79. The molecule has 2 nitrogen and oxygen atoms in total. The summed E-state index contributed by atoms with van der Waals surface area (Å²) < 4.78 is 12.6. The van der Waals surface area contributed by atoms with E-state index in [1.165, 1.54) is 18.6 Å². The zero-order chi connectivity index (χ0) is 11.1. The molecule has 0 amide bonds. The number of nitrogens with one attached hydrogen (secondary N) is 1. The molecule has 0 aliphatic carbocycles. The summed E-state index contributed by atoms with van der Waals surface area (Å²) >= 11 is 0. The molecule has 0 saturated heterocycles. The summed E-state index contributed by atoms with van der Waals surface area (Å²) in [7, 11) is 2.11. The van der Waals surface area contributed by atoms with Gasteiger partial charge in [-0.05, 0) is 44.3 Å². The van der Waals surface area contributed by atoms with Crippen molar-refractivity contribution in [2.45, 2.75) is 13.3 Å². The summed E-state index contributed by atoms with van der Waals surface area (Å²) in [5, 5.41) is 3.25. The molecule has 15 heavy (non-hydrogen) atoms. The molecule has 1 aromatic carbocycles. The number of hydrogen-bond donors (Lipinski definition) is 1. The highest BCUT2D eigenvalue weighted by molar-refractivity contribution is 5.42. The summed E-state index contributed by atoms with van der Waals surface area (Å²) in [5.41, 5.74) is 0.973. The van der Waals surface area contributed by atoms with E-state index in [4.69, 9.17) is 0 Å². The Morgan fingerprint density at radius 2 is 1.87 bits per heavy atom. The third-order valence-corrected chi connectivity index (χ3v) is 2.27. The smallest absolute Gasteiger partial charge is 0.123 e. The van der Waals surface area contributed by atoms with Gasteiger partial charge in [0.05, 0.1) is 0 Å². The maximum Gasteiger partial charge on any atom is 0.123 e. The second-order valence-electron chi connectivity index (χ2n) is 3.74. The predicted octanol–water partition coefficient (Wildman–Crippen LogP) is 2.58. The van der Waals surface area contributed by atoms with Gasteiger partial charge in [0.15, 0.2) is 0 Å². The van der Waals surface area contributed by atoms with Crippen LogP contribution in [0, 0.1) is 5.82 Å². The first kappa shape index (κ1) is 12.0. The second kappa shape index (κ2) is 6.40. The molecule has 1 aromatic rings. The van der Waals surface area contributed by atoms with Crippen LogP contribution in [0.25, 0.3) is 0 Å². The fraction of sp³-hybridized carbons (Fsp3) is 0.500. The van der Waals surface area contributed by atoms with E-state index in [9.17, 15) is 4.39 Å². The van der Waals surface area contributed by atoms with Crippen LogP contribution in [-0.2, 0) is 0 Å². The molecular formula is C12H19FN2. The van der Waals surface area contributed by atoms with Crippen LogP contribution in [0.15, 0.2) is 24.3 Å². The largest absolute Gasteiger partial charge is 0.384 e. The van der Waals surface area contributed by atoms with E-state index in [-0.39, 0.29) is 5.82 Å². The van der Waals surface area contributed by atoms with Gasteiger partial charge in [-0.1, -0.05) is 6.92 Å². The highest BCUT2D eigenvalue weighted by atomic mass is 19.1. The van der Waals surface area contributed by atoms with Crippen molar-refractivity contribution in [3.8, 4) is 0 Å². The van der Waals surface area contributed by atoms with Crippen LogP contribution in [0.4, 0.5) is 10.1 Å². The summed E-state index contributed by atoms with van der Waals surface area (Å²) in [4.78, 5) is 2.27. The van der Waals surface area contributed by atoms with Crippen molar-refractivity contribution in [2.75, 3.05) is 32.0 Å². The Bertz CT molecular complexity index is 271. The first-order chi connectivity index (χ1) is 7.22. The van der Waals surface area contributed by atoms with Crippen LogP contribution in [0.1, 0.15) is 13.3 Å². The molecular weight excluding hydrogens is 191 g/mol. The number of likely N-dealkylation sites (N-methyl/N-ethyl adjacent to an activating group) is 1. The van der Waals surface area contributed by atoms with Gasteiger partial charge in [-0.25, -0.2) is 4.39 Å². The molecule has 0 fully saturated rings. The maximum atomic E-state index is 12.6. The van der Waals surface area contributed by atoms with E-state index < -0.39 is 0 Å². The van der Waals surface area contributed by atoms with Crippen LogP contribution in [-0.4, -0.2) is 31.6 Å². The molecule has 0 aromatic heterocycles. The normalized spacial score (nSPS) is 10.7. The summed E-state index contributed by atoms with van der Waals surface area (Å²) in [6, 6.07) is 6.46. The summed E-state index contributed by atoms with van der Waals surface area (Å²) in [6.45, 7) is 5.18. The Kier molecular flexibility index (Phi) is 5.12. The Morgan fingerprint density at radius 1 is 1.20 bits per heavy atom. The molecule has 1 N–H and O–H groups in total. The lowest BCUT2D eigenvalue weighted by Gasteiger charge is -2.16. The third-order valence-electron chi connectivity index (χ3n) is 2.27. The van der Waals surface area contributed by atoms with Gasteiger partial charge in [0, 0.05) is 18.8 Å². The highest BCUT2D eigenvalue weighted by Gasteiger charge is 1.96. The summed E-state index contributed by atoms with van der Waals surface area (Å²) in [5.74, 6) is -0.191. The predicted molar refractivity (Wildman–Crippen MR) is 62.7 cm³/mol. The van der Waals surface area contributed by atoms with Gasteiger partial charge in [-0.15, -0.1) is 0 Å². The molecule has 0 aliphatic rings. The van der Waals surface area contributed by atoms with Crippen LogP contribution in [0.3, 0.4) is 0 Å². The van der Waals surface area contributed by atoms with Gasteiger partial charge in [-0.3, -0.25) is 0 Å². The molecule has 0 radical (unpaired) electrons. The van der Waals surface area contributed by atoms with Crippen LogP contribution < -0.4 is 5.32 Å². The van der Waals surface area contributed by atoms with Gasteiger partial charge in [0.1, 0.15) is 5.82 Å². The van der Waals surface area contributed by atoms with E-state index in [2.05, 4.69) is 24.2 Å². The zero-order valence-electron chi connectivity index (χ0n) is 9.46. The lowest BCUT2D eigenvalue weighted by molar-refractivity contribution is 0.348. The van der Waals surface area contributed by atoms with Gasteiger partial charge >= 0.3 is 0 Å². The average Bonchev–Trinajstić information content (AvgIpc) is 2.21. The summed E-state index contributed by atoms with van der Waals surface area (Å²) in [6.07, 6.45) is 1.17. The molecule has 1 rings (SSSR count). The van der Waals surface area contributed by atoms with E-state index in [1.54, 1.807) is 12.1 Å². The number of benzene rings is 1. The van der Waals surface area contributed by atoms with Crippen molar-refractivity contribution in [3.05, 3.63) is 30.1 Å². The van der Waals surface area contributed by atoms with Crippen LogP contribution in [0.2, 0.25) is 0 Å². The van der Waals surface area contributed by atoms with Crippen molar-refractivity contribution in [1.29, 1.82) is 0 Å². The van der Waals surface area contributed by atoms with Gasteiger partial charge in [0.2, 0.25) is 0 Å². The molecule has 0 atom stereocenters. The monoisotopic (exact) mass is 210 g/mol. The standard InChI is InChI=1S/C12H19FN2/c1-3-9-15(2)10-8-14-12-6-4-11(13)5-7-12/h4-7,14H,3,8-10H2,1-2H3. The minimum atomic E-state index is -0.191. The molecule has 0 saturated carbocycles.